The van der Waals surface area contributed by atoms with E-state index in [4.69, 9.17) is 28.4 Å². The third-order valence-electron chi connectivity index (χ3n) is 6.33. The van der Waals surface area contributed by atoms with Crippen molar-refractivity contribution < 1.29 is 28.4 Å². The molecule has 1 fully saturated rings. The van der Waals surface area contributed by atoms with Crippen molar-refractivity contribution in [1.29, 1.82) is 0 Å². The fourth-order valence-corrected chi connectivity index (χ4v) is 5.38. The Bertz CT molecular complexity index is 881. The molecule has 1 aliphatic rings. The summed E-state index contributed by atoms with van der Waals surface area (Å²) in [5.74, 6) is 3.96. The Morgan fingerprint density at radius 2 is 1.27 bits per heavy atom. The zero-order valence-electron chi connectivity index (χ0n) is 20.7. The maximum atomic E-state index is 6.10. The second-order valence-electron chi connectivity index (χ2n) is 8.05. The molecule has 3 rings (SSSR count). The summed E-state index contributed by atoms with van der Waals surface area (Å²) in [5.41, 5.74) is 2.33. The summed E-state index contributed by atoms with van der Waals surface area (Å²) in [7, 11) is 8.40. The Balaban J connectivity index is 1.98. The predicted molar refractivity (Wildman–Crippen MR) is 132 cm³/mol. The number of hydrogen-bond donors (Lipinski definition) is 0. The van der Waals surface area contributed by atoms with Crippen molar-refractivity contribution in [2.75, 3.05) is 48.4 Å². The van der Waals surface area contributed by atoms with Gasteiger partial charge in [-0.3, -0.25) is 0 Å². The fraction of sp³-hybridized carbons (Fsp3) is 0.538. The van der Waals surface area contributed by atoms with Crippen molar-refractivity contribution >= 4 is 11.8 Å². The lowest BCUT2D eigenvalue weighted by molar-refractivity contribution is 0.0804. The minimum atomic E-state index is 0.00892. The van der Waals surface area contributed by atoms with E-state index in [-0.39, 0.29) is 17.9 Å². The van der Waals surface area contributed by atoms with Gasteiger partial charge in [-0.05, 0) is 60.9 Å². The predicted octanol–water partition coefficient (Wildman–Crippen LogP) is 5.91. The molecule has 0 amide bonds. The first-order valence-corrected chi connectivity index (χ1v) is 12.5. The van der Waals surface area contributed by atoms with Gasteiger partial charge in [-0.15, -0.1) is 11.8 Å². The molecule has 0 heterocycles. The summed E-state index contributed by atoms with van der Waals surface area (Å²) in [4.78, 5) is 1.09. The summed E-state index contributed by atoms with van der Waals surface area (Å²) in [5, 5.41) is 0. The Kier molecular flexibility index (Phi) is 9.03. The van der Waals surface area contributed by atoms with Crippen LogP contribution in [0.5, 0.6) is 28.7 Å². The molecule has 6 nitrogen and oxygen atoms in total. The Hall–Kier alpha value is -2.25. The zero-order valence-corrected chi connectivity index (χ0v) is 21.5. The topological polar surface area (TPSA) is 55.4 Å². The molecular formula is C26H36O6S. The average Bonchev–Trinajstić information content (AvgIpc) is 3.30. The number of thioether (sulfide) groups is 1. The van der Waals surface area contributed by atoms with Gasteiger partial charge in [0, 0.05) is 18.9 Å². The van der Waals surface area contributed by atoms with Gasteiger partial charge in [-0.25, -0.2) is 0 Å². The summed E-state index contributed by atoms with van der Waals surface area (Å²) in [6.07, 6.45) is 5.02. The third kappa shape index (κ3) is 5.14. The number of ether oxygens (including phenoxy) is 6. The van der Waals surface area contributed by atoms with E-state index in [1.54, 1.807) is 47.3 Å². The molecule has 0 bridgehead atoms. The highest BCUT2D eigenvalue weighted by Gasteiger charge is 2.39. The average molecular weight is 477 g/mol. The lowest BCUT2D eigenvalue weighted by atomic mass is 9.89. The van der Waals surface area contributed by atoms with Gasteiger partial charge in [-0.1, -0.05) is 6.92 Å². The van der Waals surface area contributed by atoms with Crippen LogP contribution in [-0.4, -0.2) is 54.5 Å². The molecular weight excluding hydrogens is 440 g/mol. The van der Waals surface area contributed by atoms with Crippen LogP contribution >= 0.6 is 11.8 Å². The van der Waals surface area contributed by atoms with E-state index < -0.39 is 0 Å². The van der Waals surface area contributed by atoms with Crippen molar-refractivity contribution in [3.05, 3.63) is 35.4 Å². The maximum Gasteiger partial charge on any atom is 0.203 e. The highest BCUT2D eigenvalue weighted by atomic mass is 32.2. The summed E-state index contributed by atoms with van der Waals surface area (Å²) >= 11 is 1.68. The molecule has 7 heteroatoms. The first-order chi connectivity index (χ1) is 16.1. The van der Waals surface area contributed by atoms with Crippen LogP contribution in [0.15, 0.2) is 29.2 Å². The molecule has 1 aliphatic carbocycles. The summed E-state index contributed by atoms with van der Waals surface area (Å²) < 4.78 is 34.5. The van der Waals surface area contributed by atoms with Gasteiger partial charge in [-0.2, -0.15) is 0 Å². The number of rotatable bonds is 11. The Labute approximate surface area is 201 Å². The SMILES string of the molecule is CCCOc1c(OC)cc([C@@H]2CC[C@H](c3cc(OC)c(OC)c(OC)c3)C2OC)cc1SC. The van der Waals surface area contributed by atoms with E-state index in [0.717, 1.165) is 41.2 Å². The molecule has 2 aromatic rings. The molecule has 0 N–H and O–H groups in total. The first-order valence-electron chi connectivity index (χ1n) is 11.3. The monoisotopic (exact) mass is 476 g/mol. The highest BCUT2D eigenvalue weighted by molar-refractivity contribution is 7.98. The van der Waals surface area contributed by atoms with E-state index in [0.29, 0.717) is 23.9 Å². The van der Waals surface area contributed by atoms with Crippen LogP contribution in [0.4, 0.5) is 0 Å². The van der Waals surface area contributed by atoms with Crippen molar-refractivity contribution in [2.24, 2.45) is 0 Å². The minimum absolute atomic E-state index is 0.00892. The van der Waals surface area contributed by atoms with Crippen LogP contribution in [0.3, 0.4) is 0 Å². The number of benzene rings is 2. The molecule has 1 unspecified atom stereocenters. The zero-order chi connectivity index (χ0) is 24.0. The summed E-state index contributed by atoms with van der Waals surface area (Å²) in [6.45, 7) is 2.77. The molecule has 0 aliphatic heterocycles. The van der Waals surface area contributed by atoms with Gasteiger partial charge >= 0.3 is 0 Å². The Morgan fingerprint density at radius 3 is 1.70 bits per heavy atom. The van der Waals surface area contributed by atoms with Crippen molar-refractivity contribution in [3.8, 4) is 28.7 Å². The quantitative estimate of drug-likeness (QED) is 0.374. The standard InChI is InChI=1S/C26H36O6S/c1-8-11-32-26-22(29-4)14-17(15-23(26)33-7)19-10-9-18(24(19)30-5)16-12-20(27-2)25(31-6)21(13-16)28-3/h12-15,18-19,24H,8-11H2,1-7H3/t18-,19+,24?/m1/s1. The summed E-state index contributed by atoms with van der Waals surface area (Å²) in [6, 6.07) is 8.41. The van der Waals surface area contributed by atoms with Gasteiger partial charge < -0.3 is 28.4 Å². The van der Waals surface area contributed by atoms with Crippen LogP contribution in [0.1, 0.15) is 49.1 Å². The van der Waals surface area contributed by atoms with Gasteiger partial charge in [0.15, 0.2) is 23.0 Å². The second-order valence-corrected chi connectivity index (χ2v) is 8.90. The largest absolute Gasteiger partial charge is 0.493 e. The lowest BCUT2D eigenvalue weighted by Gasteiger charge is -2.26. The van der Waals surface area contributed by atoms with Crippen molar-refractivity contribution in [1.82, 2.24) is 0 Å². The first kappa shape index (κ1) is 25.4. The van der Waals surface area contributed by atoms with Crippen LogP contribution in [0.2, 0.25) is 0 Å². The van der Waals surface area contributed by atoms with E-state index in [1.165, 1.54) is 5.56 Å². The van der Waals surface area contributed by atoms with Crippen LogP contribution in [-0.2, 0) is 4.74 Å². The maximum absolute atomic E-state index is 6.10. The molecule has 1 saturated carbocycles. The fourth-order valence-electron chi connectivity index (χ4n) is 4.79. The third-order valence-corrected chi connectivity index (χ3v) is 7.07. The van der Waals surface area contributed by atoms with Gasteiger partial charge in [0.25, 0.3) is 0 Å². The molecule has 3 atom stereocenters. The number of hydrogen-bond acceptors (Lipinski definition) is 7. The second kappa shape index (κ2) is 11.7. The van der Waals surface area contributed by atoms with E-state index in [9.17, 15) is 0 Å². The molecule has 0 radical (unpaired) electrons. The van der Waals surface area contributed by atoms with Crippen molar-refractivity contribution in [2.45, 2.75) is 49.0 Å². The molecule has 182 valence electrons. The van der Waals surface area contributed by atoms with Gasteiger partial charge in [0.1, 0.15) is 0 Å². The minimum Gasteiger partial charge on any atom is -0.493 e. The number of methoxy groups -OCH3 is 5. The molecule has 0 saturated heterocycles. The normalized spacial score (nSPS) is 19.9. The molecule has 0 spiro atoms. The van der Waals surface area contributed by atoms with Gasteiger partial charge in [0.05, 0.1) is 46.0 Å². The van der Waals surface area contributed by atoms with E-state index >= 15 is 0 Å². The van der Waals surface area contributed by atoms with E-state index in [1.807, 2.05) is 12.1 Å². The molecule has 2 aromatic carbocycles. The van der Waals surface area contributed by atoms with Crippen LogP contribution in [0.25, 0.3) is 0 Å². The molecule has 0 aromatic heterocycles. The van der Waals surface area contributed by atoms with E-state index in [2.05, 4.69) is 25.3 Å². The van der Waals surface area contributed by atoms with Crippen LogP contribution < -0.4 is 23.7 Å². The Morgan fingerprint density at radius 1 is 0.758 bits per heavy atom. The smallest absolute Gasteiger partial charge is 0.203 e. The van der Waals surface area contributed by atoms with Crippen molar-refractivity contribution in [3.63, 3.8) is 0 Å². The van der Waals surface area contributed by atoms with Crippen LogP contribution in [0, 0.1) is 0 Å². The lowest BCUT2D eigenvalue weighted by Crippen LogP contribution is -2.21. The van der Waals surface area contributed by atoms with Gasteiger partial charge in [0.2, 0.25) is 5.75 Å². The highest BCUT2D eigenvalue weighted by Crippen LogP contribution is 2.50. The molecule has 33 heavy (non-hydrogen) atoms.